The number of pyridine rings is 1. The molecule has 0 saturated heterocycles. The van der Waals surface area contributed by atoms with Crippen LogP contribution in [0.4, 0.5) is 0 Å². The third-order valence-corrected chi connectivity index (χ3v) is 1.64. The van der Waals surface area contributed by atoms with E-state index in [1.807, 2.05) is 12.1 Å². The van der Waals surface area contributed by atoms with Gasteiger partial charge in [-0.25, -0.2) is 0 Å². The quantitative estimate of drug-likeness (QED) is 0.652. The van der Waals surface area contributed by atoms with Gasteiger partial charge < -0.3 is 10.3 Å². The van der Waals surface area contributed by atoms with Crippen LogP contribution >= 0.6 is 0 Å². The van der Waals surface area contributed by atoms with Crippen LogP contribution < -0.4 is 10.9 Å². The van der Waals surface area contributed by atoms with Gasteiger partial charge in [0.1, 0.15) is 0 Å². The minimum atomic E-state index is 0.00102. The van der Waals surface area contributed by atoms with Crippen LogP contribution in [-0.2, 0) is 6.54 Å². The Bertz CT molecular complexity index is 280. The Hall–Kier alpha value is -1.09. The summed E-state index contributed by atoms with van der Waals surface area (Å²) in [6.07, 6.45) is 2.73. The number of rotatable bonds is 4. The van der Waals surface area contributed by atoms with Crippen molar-refractivity contribution in [1.82, 2.24) is 10.3 Å². The lowest BCUT2D eigenvalue weighted by Gasteiger charge is -2.00. The lowest BCUT2D eigenvalue weighted by Crippen LogP contribution is -2.20. The number of aromatic nitrogens is 1. The van der Waals surface area contributed by atoms with Gasteiger partial charge in [0, 0.05) is 18.3 Å². The summed E-state index contributed by atoms with van der Waals surface area (Å²) in [6, 6.07) is 3.67. The molecule has 3 nitrogen and oxygen atoms in total. The molecule has 0 aliphatic carbocycles. The first kappa shape index (κ1) is 9.00. The first-order chi connectivity index (χ1) is 5.84. The molecule has 0 amide bonds. The van der Waals surface area contributed by atoms with E-state index in [2.05, 4.69) is 17.2 Å². The Labute approximate surface area is 71.8 Å². The normalized spacial score (nSPS) is 10.1. The monoisotopic (exact) mass is 166 g/mol. The average molecular weight is 166 g/mol. The number of nitrogens with one attached hydrogen (secondary N) is 2. The van der Waals surface area contributed by atoms with Gasteiger partial charge in [-0.05, 0) is 19.0 Å². The molecule has 2 N–H and O–H groups in total. The molecule has 0 aliphatic heterocycles. The van der Waals surface area contributed by atoms with E-state index >= 15 is 0 Å². The van der Waals surface area contributed by atoms with Crippen LogP contribution in [0.25, 0.3) is 0 Å². The van der Waals surface area contributed by atoms with Crippen molar-refractivity contribution < 1.29 is 0 Å². The Morgan fingerprint density at radius 3 is 3.08 bits per heavy atom. The molecule has 1 aromatic rings. The van der Waals surface area contributed by atoms with Crippen LogP contribution in [0.1, 0.15) is 18.9 Å². The Morgan fingerprint density at radius 2 is 2.42 bits per heavy atom. The molecule has 0 bridgehead atoms. The summed E-state index contributed by atoms with van der Waals surface area (Å²) < 4.78 is 0. The second-order valence-corrected chi connectivity index (χ2v) is 2.70. The zero-order valence-electron chi connectivity index (χ0n) is 7.26. The summed E-state index contributed by atoms with van der Waals surface area (Å²) >= 11 is 0. The van der Waals surface area contributed by atoms with Crippen LogP contribution in [0.2, 0.25) is 0 Å². The minimum Gasteiger partial charge on any atom is -0.329 e. The van der Waals surface area contributed by atoms with Gasteiger partial charge in [0.25, 0.3) is 5.56 Å². The van der Waals surface area contributed by atoms with Crippen LogP contribution in [0.3, 0.4) is 0 Å². The molecular weight excluding hydrogens is 152 g/mol. The number of H-pyrrole nitrogens is 1. The van der Waals surface area contributed by atoms with Gasteiger partial charge in [0.15, 0.2) is 0 Å². The van der Waals surface area contributed by atoms with E-state index in [4.69, 9.17) is 0 Å². The summed E-state index contributed by atoms with van der Waals surface area (Å²) in [6.45, 7) is 3.71. The topological polar surface area (TPSA) is 44.9 Å². The van der Waals surface area contributed by atoms with Gasteiger partial charge in [0.05, 0.1) is 0 Å². The average Bonchev–Trinajstić information content (AvgIpc) is 2.09. The SMILES string of the molecule is CCCNCc1ccc[nH]c1=O. The molecule has 0 unspecified atom stereocenters. The van der Waals surface area contributed by atoms with Crippen LogP contribution in [0.15, 0.2) is 23.1 Å². The molecule has 0 spiro atoms. The largest absolute Gasteiger partial charge is 0.329 e. The number of aromatic amines is 1. The Kier molecular flexibility index (Phi) is 3.54. The van der Waals surface area contributed by atoms with Gasteiger partial charge in [-0.2, -0.15) is 0 Å². The van der Waals surface area contributed by atoms with Gasteiger partial charge in [-0.3, -0.25) is 4.79 Å². The molecule has 0 aliphatic rings. The second-order valence-electron chi connectivity index (χ2n) is 2.70. The summed E-state index contributed by atoms with van der Waals surface area (Å²) in [5.74, 6) is 0. The van der Waals surface area contributed by atoms with Crippen molar-refractivity contribution in [3.05, 3.63) is 34.2 Å². The smallest absolute Gasteiger partial charge is 0.252 e. The van der Waals surface area contributed by atoms with Crippen molar-refractivity contribution in [2.45, 2.75) is 19.9 Å². The summed E-state index contributed by atoms with van der Waals surface area (Å²) in [5, 5.41) is 3.17. The van der Waals surface area contributed by atoms with Crippen molar-refractivity contribution in [2.75, 3.05) is 6.54 Å². The highest BCUT2D eigenvalue weighted by Gasteiger charge is 1.95. The maximum absolute atomic E-state index is 11.1. The molecule has 1 heterocycles. The lowest BCUT2D eigenvalue weighted by atomic mass is 10.3. The van der Waals surface area contributed by atoms with E-state index in [1.54, 1.807) is 6.20 Å². The standard InChI is InChI=1S/C9H14N2O/c1-2-5-10-7-8-4-3-6-11-9(8)12/h3-4,6,10H,2,5,7H2,1H3,(H,11,12). The van der Waals surface area contributed by atoms with Crippen LogP contribution in [0, 0.1) is 0 Å². The third kappa shape index (κ3) is 2.51. The molecular formula is C9H14N2O. The molecule has 3 heteroatoms. The molecule has 66 valence electrons. The number of hydrogen-bond acceptors (Lipinski definition) is 2. The maximum Gasteiger partial charge on any atom is 0.252 e. The van der Waals surface area contributed by atoms with E-state index in [0.29, 0.717) is 6.54 Å². The van der Waals surface area contributed by atoms with Crippen LogP contribution in [0.5, 0.6) is 0 Å². The lowest BCUT2D eigenvalue weighted by molar-refractivity contribution is 0.671. The molecule has 0 aromatic carbocycles. The van der Waals surface area contributed by atoms with Crippen molar-refractivity contribution in [3.8, 4) is 0 Å². The fraction of sp³-hybridized carbons (Fsp3) is 0.444. The minimum absolute atomic E-state index is 0.00102. The molecule has 0 saturated carbocycles. The van der Waals surface area contributed by atoms with E-state index in [-0.39, 0.29) is 5.56 Å². The van der Waals surface area contributed by atoms with E-state index in [1.165, 1.54) is 0 Å². The summed E-state index contributed by atoms with van der Waals surface area (Å²) in [4.78, 5) is 13.7. The molecule has 0 fully saturated rings. The van der Waals surface area contributed by atoms with Crippen LogP contribution in [-0.4, -0.2) is 11.5 Å². The number of hydrogen-bond donors (Lipinski definition) is 2. The highest BCUT2D eigenvalue weighted by atomic mass is 16.1. The zero-order valence-corrected chi connectivity index (χ0v) is 7.26. The van der Waals surface area contributed by atoms with Crippen molar-refractivity contribution in [1.29, 1.82) is 0 Å². The van der Waals surface area contributed by atoms with E-state index in [0.717, 1.165) is 18.5 Å². The molecule has 0 radical (unpaired) electrons. The van der Waals surface area contributed by atoms with Gasteiger partial charge in [-0.15, -0.1) is 0 Å². The molecule has 12 heavy (non-hydrogen) atoms. The Morgan fingerprint density at radius 1 is 1.58 bits per heavy atom. The third-order valence-electron chi connectivity index (χ3n) is 1.64. The summed E-state index contributed by atoms with van der Waals surface area (Å²) in [5.41, 5.74) is 0.798. The first-order valence-corrected chi connectivity index (χ1v) is 4.22. The highest BCUT2D eigenvalue weighted by Crippen LogP contribution is 1.87. The van der Waals surface area contributed by atoms with Crippen molar-refractivity contribution in [2.24, 2.45) is 0 Å². The summed E-state index contributed by atoms with van der Waals surface area (Å²) in [7, 11) is 0. The van der Waals surface area contributed by atoms with Crippen molar-refractivity contribution >= 4 is 0 Å². The second kappa shape index (κ2) is 4.72. The predicted octanol–water partition coefficient (Wildman–Crippen LogP) is 0.875. The maximum atomic E-state index is 11.1. The molecule has 1 aromatic heterocycles. The van der Waals surface area contributed by atoms with Gasteiger partial charge in [0.2, 0.25) is 0 Å². The van der Waals surface area contributed by atoms with E-state index < -0.39 is 0 Å². The molecule has 0 atom stereocenters. The zero-order chi connectivity index (χ0) is 8.81. The van der Waals surface area contributed by atoms with Crippen molar-refractivity contribution in [3.63, 3.8) is 0 Å². The first-order valence-electron chi connectivity index (χ1n) is 4.22. The fourth-order valence-corrected chi connectivity index (χ4v) is 0.995. The molecule has 1 rings (SSSR count). The predicted molar refractivity (Wildman–Crippen MR) is 49.1 cm³/mol. The Balaban J connectivity index is 2.52. The highest BCUT2D eigenvalue weighted by molar-refractivity contribution is 5.08. The van der Waals surface area contributed by atoms with Gasteiger partial charge >= 0.3 is 0 Å². The van der Waals surface area contributed by atoms with E-state index in [9.17, 15) is 4.79 Å². The van der Waals surface area contributed by atoms with Gasteiger partial charge in [-0.1, -0.05) is 13.0 Å². The fourth-order valence-electron chi connectivity index (χ4n) is 0.995.